The van der Waals surface area contributed by atoms with Crippen molar-refractivity contribution in [2.45, 2.75) is 19.8 Å². The lowest BCUT2D eigenvalue weighted by atomic mass is 10.1. The lowest BCUT2D eigenvalue weighted by Crippen LogP contribution is -1.80. The zero-order valence-electron chi connectivity index (χ0n) is 5.81. The van der Waals surface area contributed by atoms with Gasteiger partial charge in [0.2, 0.25) is 0 Å². The summed E-state index contributed by atoms with van der Waals surface area (Å²) in [5.41, 5.74) is 4.48. The van der Waals surface area contributed by atoms with E-state index in [4.69, 9.17) is 0 Å². The Morgan fingerprint density at radius 3 is 2.22 bits per heavy atom. The van der Waals surface area contributed by atoms with Crippen LogP contribution in [0.4, 0.5) is 0 Å². The molecule has 0 bridgehead atoms. The summed E-state index contributed by atoms with van der Waals surface area (Å²) in [5, 5.41) is 0. The van der Waals surface area contributed by atoms with E-state index in [2.05, 4.69) is 32.0 Å². The maximum Gasteiger partial charge on any atom is -0.0143 e. The van der Waals surface area contributed by atoms with Crippen LogP contribution in [0.25, 0.3) is 11.1 Å². The third kappa shape index (κ3) is 0.593. The van der Waals surface area contributed by atoms with Crippen molar-refractivity contribution in [3.63, 3.8) is 0 Å². The van der Waals surface area contributed by atoms with E-state index in [1.54, 1.807) is 0 Å². The van der Waals surface area contributed by atoms with E-state index in [9.17, 15) is 0 Å². The maximum atomic E-state index is 2.25. The van der Waals surface area contributed by atoms with Crippen LogP contribution in [0.15, 0.2) is 18.2 Å². The number of rotatable bonds is 1. The first-order valence-electron chi connectivity index (χ1n) is 3.43. The molecule has 0 aromatic carbocycles. The zero-order valence-corrected chi connectivity index (χ0v) is 5.81. The molecule has 2 aliphatic rings. The molecule has 2 rings (SSSR count). The van der Waals surface area contributed by atoms with Gasteiger partial charge < -0.3 is 0 Å². The molecule has 0 atom stereocenters. The summed E-state index contributed by atoms with van der Waals surface area (Å²) in [6.45, 7) is 4.48. The second-order valence-corrected chi connectivity index (χ2v) is 2.96. The van der Waals surface area contributed by atoms with E-state index in [1.165, 1.54) is 16.7 Å². The highest BCUT2D eigenvalue weighted by molar-refractivity contribution is 5.84. The van der Waals surface area contributed by atoms with Gasteiger partial charge in [0.15, 0.2) is 0 Å². The van der Waals surface area contributed by atoms with Crippen molar-refractivity contribution in [3.8, 4) is 11.1 Å². The van der Waals surface area contributed by atoms with E-state index >= 15 is 0 Å². The molecule has 0 heterocycles. The van der Waals surface area contributed by atoms with Crippen LogP contribution in [0, 0.1) is 0 Å². The van der Waals surface area contributed by atoms with Crippen LogP contribution in [0.2, 0.25) is 0 Å². The van der Waals surface area contributed by atoms with Crippen LogP contribution in [-0.2, 0) is 0 Å². The van der Waals surface area contributed by atoms with Crippen molar-refractivity contribution < 1.29 is 0 Å². The van der Waals surface area contributed by atoms with Gasteiger partial charge in [-0.1, -0.05) is 26.0 Å². The van der Waals surface area contributed by atoms with Crippen LogP contribution >= 0.6 is 0 Å². The SMILES string of the molecule is CC(C)c1ccc2cc1-2. The molecule has 2 aliphatic carbocycles. The molecule has 0 fully saturated rings. The Morgan fingerprint density at radius 2 is 2.00 bits per heavy atom. The first-order valence-corrected chi connectivity index (χ1v) is 3.43. The molecule has 0 amide bonds. The van der Waals surface area contributed by atoms with Crippen molar-refractivity contribution in [1.29, 1.82) is 0 Å². The van der Waals surface area contributed by atoms with Gasteiger partial charge in [0, 0.05) is 0 Å². The number of benzene rings is 1. The van der Waals surface area contributed by atoms with Gasteiger partial charge in [-0.25, -0.2) is 0 Å². The van der Waals surface area contributed by atoms with E-state index in [-0.39, 0.29) is 0 Å². The lowest BCUT2D eigenvalue weighted by Gasteiger charge is -1.98. The molecular weight excluding hydrogens is 108 g/mol. The number of hydrogen-bond acceptors (Lipinski definition) is 0. The Labute approximate surface area is 55.5 Å². The quantitative estimate of drug-likeness (QED) is 0.540. The van der Waals surface area contributed by atoms with Crippen molar-refractivity contribution in [3.05, 3.63) is 23.8 Å². The highest BCUT2D eigenvalue weighted by Gasteiger charge is 2.18. The third-order valence-electron chi connectivity index (χ3n) is 1.90. The van der Waals surface area contributed by atoms with Crippen LogP contribution < -0.4 is 0 Å². The summed E-state index contributed by atoms with van der Waals surface area (Å²) in [4.78, 5) is 0. The molecule has 0 heteroatoms. The van der Waals surface area contributed by atoms with E-state index in [0.717, 1.165) is 0 Å². The van der Waals surface area contributed by atoms with Gasteiger partial charge in [0.05, 0.1) is 0 Å². The molecule has 0 N–H and O–H groups in total. The molecule has 0 radical (unpaired) electrons. The molecule has 0 aliphatic heterocycles. The summed E-state index contributed by atoms with van der Waals surface area (Å²) in [6, 6.07) is 6.68. The fraction of sp³-hybridized carbons (Fsp3) is 0.333. The predicted octanol–water partition coefficient (Wildman–Crippen LogP) is 2.79. The lowest BCUT2D eigenvalue weighted by molar-refractivity contribution is 0.875. The highest BCUT2D eigenvalue weighted by Crippen LogP contribution is 2.41. The smallest absolute Gasteiger partial charge is 0.0143 e. The molecule has 0 spiro atoms. The molecule has 46 valence electrons. The number of hydrogen-bond donors (Lipinski definition) is 0. The maximum absolute atomic E-state index is 2.25. The summed E-state index contributed by atoms with van der Waals surface area (Å²) in [7, 11) is 0. The van der Waals surface area contributed by atoms with Crippen LogP contribution in [-0.4, -0.2) is 0 Å². The molecular formula is C9H10. The summed E-state index contributed by atoms with van der Waals surface area (Å²) >= 11 is 0. The largest absolute Gasteiger partial charge is 0.0587 e. The van der Waals surface area contributed by atoms with Gasteiger partial charge in [-0.05, 0) is 28.7 Å². The first kappa shape index (κ1) is 5.04. The molecule has 0 nitrogen and oxygen atoms in total. The van der Waals surface area contributed by atoms with E-state index in [0.29, 0.717) is 5.92 Å². The minimum absolute atomic E-state index is 0.701. The first-order chi connectivity index (χ1) is 4.29. The van der Waals surface area contributed by atoms with Crippen LogP contribution in [0.3, 0.4) is 0 Å². The van der Waals surface area contributed by atoms with E-state index < -0.39 is 0 Å². The van der Waals surface area contributed by atoms with Gasteiger partial charge in [-0.2, -0.15) is 0 Å². The Kier molecular flexibility index (Phi) is 0.774. The second-order valence-electron chi connectivity index (χ2n) is 2.96. The van der Waals surface area contributed by atoms with Crippen molar-refractivity contribution in [2.75, 3.05) is 0 Å². The summed E-state index contributed by atoms with van der Waals surface area (Å²) in [6.07, 6.45) is 0. The van der Waals surface area contributed by atoms with Gasteiger partial charge >= 0.3 is 0 Å². The minimum atomic E-state index is 0.701. The molecule has 0 aromatic rings. The summed E-state index contributed by atoms with van der Waals surface area (Å²) in [5.74, 6) is 0.701. The standard InChI is InChI=1S/C9H10/c1-6(2)8-4-3-7-5-9(7)8/h3-6H,1-2H3. The van der Waals surface area contributed by atoms with Crippen LogP contribution in [0.1, 0.15) is 25.3 Å². The summed E-state index contributed by atoms with van der Waals surface area (Å²) < 4.78 is 0. The Hall–Kier alpha value is -0.780. The monoisotopic (exact) mass is 118 g/mol. The molecule has 0 aromatic heterocycles. The second kappa shape index (κ2) is 1.38. The molecule has 0 unspecified atom stereocenters. The number of fused-ring (bicyclic) bond motifs is 1. The zero-order chi connectivity index (χ0) is 6.43. The average molecular weight is 118 g/mol. The Bertz CT molecular complexity index is 246. The van der Waals surface area contributed by atoms with Gasteiger partial charge in [-0.3, -0.25) is 0 Å². The normalized spacial score (nSPS) is 12.3. The fourth-order valence-electron chi connectivity index (χ4n) is 1.28. The average Bonchev–Trinajstić information content (AvgIpc) is 2.43. The van der Waals surface area contributed by atoms with Crippen molar-refractivity contribution >= 4 is 0 Å². The Morgan fingerprint density at radius 1 is 1.22 bits per heavy atom. The topological polar surface area (TPSA) is 0 Å². The van der Waals surface area contributed by atoms with Crippen LogP contribution in [0.5, 0.6) is 0 Å². The predicted molar refractivity (Wildman–Crippen MR) is 39.5 cm³/mol. The molecule has 0 saturated carbocycles. The van der Waals surface area contributed by atoms with E-state index in [1.807, 2.05) is 0 Å². The Balaban J connectivity index is 2.42. The fourth-order valence-corrected chi connectivity index (χ4v) is 1.28. The van der Waals surface area contributed by atoms with Crippen molar-refractivity contribution in [2.24, 2.45) is 0 Å². The third-order valence-corrected chi connectivity index (χ3v) is 1.90. The van der Waals surface area contributed by atoms with Crippen molar-refractivity contribution in [1.82, 2.24) is 0 Å². The molecule has 9 heavy (non-hydrogen) atoms. The molecule has 0 saturated heterocycles. The highest BCUT2D eigenvalue weighted by atomic mass is 14.2. The van der Waals surface area contributed by atoms with Gasteiger partial charge in [0.1, 0.15) is 0 Å². The minimum Gasteiger partial charge on any atom is -0.0587 e. The van der Waals surface area contributed by atoms with Gasteiger partial charge in [0.25, 0.3) is 0 Å². The van der Waals surface area contributed by atoms with Gasteiger partial charge in [-0.15, -0.1) is 0 Å².